The van der Waals surface area contributed by atoms with Gasteiger partial charge in [0.1, 0.15) is 5.75 Å². The standard InChI is InChI=1S/C22H31NO5/c1-15(2)18-5-4-6-19(16(3)17-7-8-17)22(18)28-21(25)14-27-20(24)13-23-9-11-26-12-10-23/h4-6,15-17H,7-14H2,1-3H3/t16-/m0/s1. The summed E-state index contributed by atoms with van der Waals surface area (Å²) < 4.78 is 16.1. The zero-order valence-corrected chi connectivity index (χ0v) is 17.1. The number of hydrogen-bond acceptors (Lipinski definition) is 6. The van der Waals surface area contributed by atoms with E-state index in [1.807, 2.05) is 23.1 Å². The minimum absolute atomic E-state index is 0.170. The Hall–Kier alpha value is -1.92. The lowest BCUT2D eigenvalue weighted by Gasteiger charge is -2.25. The average molecular weight is 389 g/mol. The van der Waals surface area contributed by atoms with E-state index in [-0.39, 0.29) is 19.1 Å². The second kappa shape index (κ2) is 9.52. The molecule has 6 nitrogen and oxygen atoms in total. The monoisotopic (exact) mass is 389 g/mol. The molecule has 0 amide bonds. The number of para-hydroxylation sites is 1. The molecule has 0 radical (unpaired) electrons. The number of morpholine rings is 1. The van der Waals surface area contributed by atoms with Crippen LogP contribution < -0.4 is 4.74 Å². The number of benzene rings is 1. The van der Waals surface area contributed by atoms with Gasteiger partial charge in [0.05, 0.1) is 19.8 Å². The minimum atomic E-state index is -0.535. The Kier molecular flexibility index (Phi) is 7.08. The van der Waals surface area contributed by atoms with Gasteiger partial charge in [-0.3, -0.25) is 9.69 Å². The summed E-state index contributed by atoms with van der Waals surface area (Å²) in [5.74, 6) is 0.941. The van der Waals surface area contributed by atoms with Gasteiger partial charge >= 0.3 is 11.9 Å². The first-order chi connectivity index (χ1) is 13.5. The molecule has 2 fully saturated rings. The van der Waals surface area contributed by atoms with Gasteiger partial charge in [0.15, 0.2) is 6.61 Å². The van der Waals surface area contributed by atoms with E-state index in [9.17, 15) is 9.59 Å². The van der Waals surface area contributed by atoms with Gasteiger partial charge in [-0.25, -0.2) is 4.79 Å². The van der Waals surface area contributed by atoms with Crippen molar-refractivity contribution < 1.29 is 23.8 Å². The zero-order chi connectivity index (χ0) is 20.1. The van der Waals surface area contributed by atoms with Crippen molar-refractivity contribution >= 4 is 11.9 Å². The molecule has 2 aliphatic rings. The highest BCUT2D eigenvalue weighted by molar-refractivity contribution is 5.79. The molecule has 0 aromatic heterocycles. The third kappa shape index (κ3) is 5.55. The molecule has 1 atom stereocenters. The van der Waals surface area contributed by atoms with Gasteiger partial charge in [-0.1, -0.05) is 39.0 Å². The molecular weight excluding hydrogens is 358 g/mol. The molecule has 0 bridgehead atoms. The smallest absolute Gasteiger partial charge is 0.349 e. The zero-order valence-electron chi connectivity index (χ0n) is 17.1. The average Bonchev–Trinajstić information content (AvgIpc) is 3.52. The van der Waals surface area contributed by atoms with Crippen LogP contribution in [0.3, 0.4) is 0 Å². The van der Waals surface area contributed by atoms with Crippen LogP contribution in [0.5, 0.6) is 5.75 Å². The van der Waals surface area contributed by atoms with Gasteiger partial charge in [0, 0.05) is 13.1 Å². The fourth-order valence-electron chi connectivity index (χ4n) is 3.62. The molecule has 1 aliphatic heterocycles. The highest BCUT2D eigenvalue weighted by Crippen LogP contribution is 2.46. The molecule has 154 valence electrons. The largest absolute Gasteiger partial charge is 0.453 e. The Labute approximate surface area is 167 Å². The van der Waals surface area contributed by atoms with E-state index >= 15 is 0 Å². The van der Waals surface area contributed by atoms with E-state index in [0.717, 1.165) is 11.1 Å². The Balaban J connectivity index is 1.60. The Morgan fingerprint density at radius 1 is 1.11 bits per heavy atom. The third-order valence-corrected chi connectivity index (χ3v) is 5.54. The predicted octanol–water partition coefficient (Wildman–Crippen LogP) is 3.10. The topological polar surface area (TPSA) is 65.1 Å². The number of ether oxygens (including phenoxy) is 3. The second-order valence-electron chi connectivity index (χ2n) is 8.07. The van der Waals surface area contributed by atoms with Gasteiger partial charge in [-0.05, 0) is 41.7 Å². The molecule has 1 aromatic rings. The number of hydrogen-bond donors (Lipinski definition) is 0. The molecule has 1 aliphatic carbocycles. The van der Waals surface area contributed by atoms with Crippen molar-refractivity contribution in [1.29, 1.82) is 0 Å². The predicted molar refractivity (Wildman–Crippen MR) is 106 cm³/mol. The van der Waals surface area contributed by atoms with Crippen LogP contribution in [0.1, 0.15) is 56.6 Å². The van der Waals surface area contributed by atoms with Crippen molar-refractivity contribution in [3.63, 3.8) is 0 Å². The van der Waals surface area contributed by atoms with Gasteiger partial charge in [0.25, 0.3) is 0 Å². The minimum Gasteiger partial charge on any atom is -0.453 e. The quantitative estimate of drug-likeness (QED) is 0.503. The van der Waals surface area contributed by atoms with Gasteiger partial charge < -0.3 is 14.2 Å². The maximum absolute atomic E-state index is 12.4. The van der Waals surface area contributed by atoms with E-state index in [4.69, 9.17) is 14.2 Å². The molecule has 0 N–H and O–H groups in total. The highest BCUT2D eigenvalue weighted by atomic mass is 16.6. The first kappa shape index (κ1) is 20.8. The number of carbonyl (C=O) groups is 2. The van der Waals surface area contributed by atoms with Crippen LogP contribution >= 0.6 is 0 Å². The summed E-state index contributed by atoms with van der Waals surface area (Å²) in [6, 6.07) is 6.08. The van der Waals surface area contributed by atoms with E-state index in [2.05, 4.69) is 20.8 Å². The molecule has 0 unspecified atom stereocenters. The summed E-state index contributed by atoms with van der Waals surface area (Å²) in [5.41, 5.74) is 2.08. The number of esters is 2. The fourth-order valence-corrected chi connectivity index (χ4v) is 3.62. The summed E-state index contributed by atoms with van der Waals surface area (Å²) in [7, 11) is 0. The van der Waals surface area contributed by atoms with Crippen molar-refractivity contribution in [2.75, 3.05) is 39.5 Å². The van der Waals surface area contributed by atoms with Crippen LogP contribution in [-0.4, -0.2) is 56.3 Å². The Morgan fingerprint density at radius 2 is 1.79 bits per heavy atom. The second-order valence-corrected chi connectivity index (χ2v) is 8.07. The van der Waals surface area contributed by atoms with Crippen LogP contribution in [-0.2, 0) is 19.1 Å². The van der Waals surface area contributed by atoms with Crippen LogP contribution in [0, 0.1) is 5.92 Å². The third-order valence-electron chi connectivity index (χ3n) is 5.54. The molecule has 3 rings (SSSR count). The number of rotatable bonds is 8. The SMILES string of the molecule is CC(C)c1cccc([C@@H](C)C2CC2)c1OC(=O)COC(=O)CN1CCOCC1. The van der Waals surface area contributed by atoms with Crippen molar-refractivity contribution in [2.24, 2.45) is 5.92 Å². The summed E-state index contributed by atoms with van der Waals surface area (Å²) >= 11 is 0. The molecular formula is C22H31NO5. The maximum Gasteiger partial charge on any atom is 0.349 e. The molecule has 0 spiro atoms. The fraction of sp³-hybridized carbons (Fsp3) is 0.636. The summed E-state index contributed by atoms with van der Waals surface area (Å²) in [6.45, 7) is 8.79. The van der Waals surface area contributed by atoms with E-state index in [1.54, 1.807) is 0 Å². The van der Waals surface area contributed by atoms with E-state index in [0.29, 0.717) is 43.9 Å². The lowest BCUT2D eigenvalue weighted by atomic mass is 9.90. The molecule has 1 aromatic carbocycles. The molecule has 1 saturated heterocycles. The normalized spacial score (nSPS) is 18.7. The van der Waals surface area contributed by atoms with Crippen LogP contribution in [0.2, 0.25) is 0 Å². The first-order valence-corrected chi connectivity index (χ1v) is 10.2. The molecule has 28 heavy (non-hydrogen) atoms. The molecule has 1 saturated carbocycles. The van der Waals surface area contributed by atoms with Crippen molar-refractivity contribution in [1.82, 2.24) is 4.90 Å². The summed E-state index contributed by atoms with van der Waals surface area (Å²) in [5, 5.41) is 0. The van der Waals surface area contributed by atoms with Crippen LogP contribution in [0.4, 0.5) is 0 Å². The Morgan fingerprint density at radius 3 is 2.43 bits per heavy atom. The molecule has 1 heterocycles. The molecule has 6 heteroatoms. The maximum atomic E-state index is 12.4. The number of nitrogens with zero attached hydrogens (tertiary/aromatic N) is 1. The number of carbonyl (C=O) groups excluding carboxylic acids is 2. The van der Waals surface area contributed by atoms with E-state index in [1.165, 1.54) is 12.8 Å². The van der Waals surface area contributed by atoms with Gasteiger partial charge in [-0.2, -0.15) is 0 Å². The Bertz CT molecular complexity index is 692. The highest BCUT2D eigenvalue weighted by Gasteiger charge is 2.32. The van der Waals surface area contributed by atoms with Crippen molar-refractivity contribution in [3.05, 3.63) is 29.3 Å². The van der Waals surface area contributed by atoms with Gasteiger partial charge in [-0.15, -0.1) is 0 Å². The van der Waals surface area contributed by atoms with Crippen LogP contribution in [0.15, 0.2) is 18.2 Å². The summed E-state index contributed by atoms with van der Waals surface area (Å²) in [4.78, 5) is 26.4. The van der Waals surface area contributed by atoms with E-state index < -0.39 is 11.9 Å². The summed E-state index contributed by atoms with van der Waals surface area (Å²) in [6.07, 6.45) is 2.44. The van der Waals surface area contributed by atoms with Gasteiger partial charge in [0.2, 0.25) is 0 Å². The van der Waals surface area contributed by atoms with Crippen molar-refractivity contribution in [3.8, 4) is 5.75 Å². The lowest BCUT2D eigenvalue weighted by Crippen LogP contribution is -2.40. The lowest BCUT2D eigenvalue weighted by molar-refractivity contribution is -0.155. The first-order valence-electron chi connectivity index (χ1n) is 10.2. The van der Waals surface area contributed by atoms with Crippen molar-refractivity contribution in [2.45, 2.75) is 45.4 Å². The van der Waals surface area contributed by atoms with Crippen LogP contribution in [0.25, 0.3) is 0 Å².